The van der Waals surface area contributed by atoms with Gasteiger partial charge in [0.15, 0.2) is 0 Å². The van der Waals surface area contributed by atoms with Gasteiger partial charge in [-0.3, -0.25) is 0 Å². The second-order valence-corrected chi connectivity index (χ2v) is 11.6. The number of alkyl halides is 1. The Hall–Kier alpha value is 0.290. The van der Waals surface area contributed by atoms with E-state index in [1.807, 2.05) is 0 Å². The summed E-state index contributed by atoms with van der Waals surface area (Å²) in [5, 5.41) is 0.467. The van der Waals surface area contributed by atoms with Crippen LogP contribution in [0.3, 0.4) is 0 Å². The molecule has 0 heterocycles. The monoisotopic (exact) mass is 364 g/mol. The largest absolute Gasteiger partial charge is 0.123 e. The summed E-state index contributed by atoms with van der Waals surface area (Å²) in [5.74, 6) is 5.93. The Kier molecular flexibility index (Phi) is 5.01. The Balaban J connectivity index is 1.56. The molecule has 0 N–H and O–H groups in total. The van der Waals surface area contributed by atoms with Gasteiger partial charge >= 0.3 is 0 Å². The third-order valence-corrected chi connectivity index (χ3v) is 10.5. The van der Waals surface area contributed by atoms with E-state index >= 15 is 0 Å². The van der Waals surface area contributed by atoms with E-state index in [2.05, 4.69) is 27.7 Å². The van der Waals surface area contributed by atoms with Gasteiger partial charge < -0.3 is 0 Å². The molecule has 4 fully saturated rings. The second kappa shape index (κ2) is 6.72. The molecule has 4 aliphatic carbocycles. The van der Waals surface area contributed by atoms with Gasteiger partial charge in [0.1, 0.15) is 0 Å². The molecule has 25 heavy (non-hydrogen) atoms. The maximum absolute atomic E-state index is 6.57. The zero-order valence-corrected chi connectivity index (χ0v) is 18.0. The van der Waals surface area contributed by atoms with Gasteiger partial charge in [-0.25, -0.2) is 0 Å². The minimum Gasteiger partial charge on any atom is -0.123 e. The first-order chi connectivity index (χ1) is 11.9. The van der Waals surface area contributed by atoms with Gasteiger partial charge in [0, 0.05) is 5.38 Å². The molecule has 0 saturated heterocycles. The van der Waals surface area contributed by atoms with Crippen LogP contribution in [0.15, 0.2) is 0 Å². The molecule has 0 amide bonds. The number of hydrogen-bond donors (Lipinski definition) is 0. The maximum atomic E-state index is 6.57. The summed E-state index contributed by atoms with van der Waals surface area (Å²) >= 11 is 6.57. The molecular weight excluding hydrogens is 324 g/mol. The topological polar surface area (TPSA) is 0 Å². The van der Waals surface area contributed by atoms with Crippen LogP contribution in [-0.4, -0.2) is 5.38 Å². The van der Waals surface area contributed by atoms with Crippen LogP contribution in [0.5, 0.6) is 0 Å². The van der Waals surface area contributed by atoms with Crippen LogP contribution in [0, 0.1) is 46.3 Å². The average molecular weight is 365 g/mol. The van der Waals surface area contributed by atoms with Crippen molar-refractivity contribution in [3.63, 3.8) is 0 Å². The SMILES string of the molecule is CCC[C@@H](C)[C@H]1CC[C@H]2[C@@H]3CCC4CC(Cl)CC[C@]4(C)[C@H]3CC[C@]12C. The lowest BCUT2D eigenvalue weighted by atomic mass is 9.44. The number of halogens is 1. The molecule has 9 atom stereocenters. The van der Waals surface area contributed by atoms with Gasteiger partial charge in [0.2, 0.25) is 0 Å². The van der Waals surface area contributed by atoms with Crippen molar-refractivity contribution in [1.82, 2.24) is 0 Å². The minimum absolute atomic E-state index is 0.467. The van der Waals surface area contributed by atoms with Crippen molar-refractivity contribution >= 4 is 11.6 Å². The first kappa shape index (κ1) is 18.6. The highest BCUT2D eigenvalue weighted by atomic mass is 35.5. The summed E-state index contributed by atoms with van der Waals surface area (Å²) < 4.78 is 0. The first-order valence-electron chi connectivity index (χ1n) is 11.5. The van der Waals surface area contributed by atoms with Gasteiger partial charge in [-0.1, -0.05) is 40.5 Å². The van der Waals surface area contributed by atoms with Gasteiger partial charge in [0.25, 0.3) is 0 Å². The highest BCUT2D eigenvalue weighted by molar-refractivity contribution is 6.20. The van der Waals surface area contributed by atoms with E-state index in [0.29, 0.717) is 16.2 Å². The van der Waals surface area contributed by atoms with Crippen LogP contribution in [0.2, 0.25) is 0 Å². The fourth-order valence-electron chi connectivity index (χ4n) is 8.84. The molecule has 144 valence electrons. The van der Waals surface area contributed by atoms with Gasteiger partial charge in [-0.15, -0.1) is 11.6 Å². The van der Waals surface area contributed by atoms with Crippen LogP contribution in [0.4, 0.5) is 0 Å². The highest BCUT2D eigenvalue weighted by Crippen LogP contribution is 2.68. The van der Waals surface area contributed by atoms with Crippen molar-refractivity contribution < 1.29 is 0 Å². The maximum Gasteiger partial charge on any atom is 0.0339 e. The van der Waals surface area contributed by atoms with E-state index in [1.165, 1.54) is 70.6 Å². The normalized spacial score (nSPS) is 53.6. The fraction of sp³-hybridized carbons (Fsp3) is 1.00. The van der Waals surface area contributed by atoms with Gasteiger partial charge in [-0.05, 0) is 104 Å². The lowest BCUT2D eigenvalue weighted by Gasteiger charge is -2.61. The van der Waals surface area contributed by atoms with Crippen LogP contribution in [0.1, 0.15) is 98.3 Å². The van der Waals surface area contributed by atoms with Gasteiger partial charge in [0.05, 0.1) is 0 Å². The molecule has 0 spiro atoms. The van der Waals surface area contributed by atoms with Crippen LogP contribution < -0.4 is 0 Å². The zero-order chi connectivity index (χ0) is 17.8. The average Bonchev–Trinajstić information content (AvgIpc) is 2.93. The minimum atomic E-state index is 0.467. The Bertz CT molecular complexity index is 486. The van der Waals surface area contributed by atoms with Crippen molar-refractivity contribution in [3.8, 4) is 0 Å². The molecule has 2 unspecified atom stereocenters. The van der Waals surface area contributed by atoms with Gasteiger partial charge in [-0.2, -0.15) is 0 Å². The number of rotatable bonds is 3. The summed E-state index contributed by atoms with van der Waals surface area (Å²) in [7, 11) is 0. The highest BCUT2D eigenvalue weighted by Gasteiger charge is 2.60. The van der Waals surface area contributed by atoms with E-state index in [-0.39, 0.29) is 0 Å². The summed E-state index contributed by atoms with van der Waals surface area (Å²) in [4.78, 5) is 0. The predicted molar refractivity (Wildman–Crippen MR) is 109 cm³/mol. The summed E-state index contributed by atoms with van der Waals surface area (Å²) in [6, 6.07) is 0. The molecule has 0 aromatic carbocycles. The Morgan fingerprint density at radius 3 is 2.40 bits per heavy atom. The van der Waals surface area contributed by atoms with Crippen molar-refractivity contribution in [3.05, 3.63) is 0 Å². The molecule has 0 bridgehead atoms. The van der Waals surface area contributed by atoms with E-state index in [0.717, 1.165) is 35.5 Å². The van der Waals surface area contributed by atoms with Crippen molar-refractivity contribution in [2.75, 3.05) is 0 Å². The third-order valence-electron chi connectivity index (χ3n) is 10.1. The standard InChI is InChI=1S/C24H41Cl/c1-5-6-16(2)20-9-10-21-19-8-7-17-15-18(25)11-13-23(17,3)22(19)12-14-24(20,21)4/h16-22H,5-15H2,1-4H3/t16-,17?,18?,19+,20-,21+,22+,23+,24-/m1/s1. The lowest BCUT2D eigenvalue weighted by molar-refractivity contribution is -0.113. The van der Waals surface area contributed by atoms with Crippen LogP contribution in [-0.2, 0) is 0 Å². The fourth-order valence-corrected chi connectivity index (χ4v) is 9.16. The molecule has 0 aliphatic heterocycles. The number of fused-ring (bicyclic) bond motifs is 5. The molecule has 0 aromatic heterocycles. The first-order valence-corrected chi connectivity index (χ1v) is 12.0. The molecule has 1 heteroatoms. The Morgan fingerprint density at radius 1 is 0.920 bits per heavy atom. The molecule has 4 rings (SSSR count). The smallest absolute Gasteiger partial charge is 0.0339 e. The zero-order valence-electron chi connectivity index (χ0n) is 17.2. The quantitative estimate of drug-likeness (QED) is 0.450. The molecule has 4 aliphatic rings. The van der Waals surface area contributed by atoms with E-state index < -0.39 is 0 Å². The van der Waals surface area contributed by atoms with E-state index in [4.69, 9.17) is 11.6 Å². The predicted octanol–water partition coefficient (Wildman–Crippen LogP) is 7.69. The third kappa shape index (κ3) is 2.83. The molecule has 0 aromatic rings. The summed E-state index contributed by atoms with van der Waals surface area (Å²) in [6.45, 7) is 10.3. The van der Waals surface area contributed by atoms with Crippen LogP contribution >= 0.6 is 11.6 Å². The Morgan fingerprint density at radius 2 is 1.64 bits per heavy atom. The lowest BCUT2D eigenvalue weighted by Crippen LogP contribution is -2.53. The molecule has 0 nitrogen and oxygen atoms in total. The van der Waals surface area contributed by atoms with Crippen molar-refractivity contribution in [1.29, 1.82) is 0 Å². The van der Waals surface area contributed by atoms with E-state index in [9.17, 15) is 0 Å². The number of hydrogen-bond acceptors (Lipinski definition) is 0. The second-order valence-electron chi connectivity index (χ2n) is 11.0. The molecular formula is C24H41Cl. The van der Waals surface area contributed by atoms with Crippen molar-refractivity contribution in [2.24, 2.45) is 46.3 Å². The van der Waals surface area contributed by atoms with Crippen molar-refractivity contribution in [2.45, 2.75) is 104 Å². The van der Waals surface area contributed by atoms with E-state index in [1.54, 1.807) is 0 Å². The van der Waals surface area contributed by atoms with Crippen LogP contribution in [0.25, 0.3) is 0 Å². The molecule has 4 saturated carbocycles. The molecule has 0 radical (unpaired) electrons. The summed E-state index contributed by atoms with van der Waals surface area (Å²) in [5.41, 5.74) is 1.27. The Labute approximate surface area is 161 Å². The summed E-state index contributed by atoms with van der Waals surface area (Å²) in [6.07, 6.45) is 15.9.